The molecule has 1 aromatic carbocycles. The molecular weight excluding hydrogens is 312 g/mol. The molecule has 0 spiro atoms. The Bertz CT molecular complexity index is 728. The van der Waals surface area contributed by atoms with Crippen molar-refractivity contribution >= 4 is 34.5 Å². The number of carbonyl (C=O) groups is 2. The van der Waals surface area contributed by atoms with E-state index in [9.17, 15) is 9.59 Å². The van der Waals surface area contributed by atoms with Crippen LogP contribution in [0.15, 0.2) is 29.6 Å². The first-order valence-corrected chi connectivity index (χ1v) is 8.41. The standard InChI is InChI=1S/C16H18N4O2S/c17-9-14-19-13(10-23-14)16(22)18-11-4-3-5-12(8-11)20-7-2-1-6-15(20)21/h3-5,8,10H,1-2,6-7,9,17H2,(H,18,22). The van der Waals surface area contributed by atoms with Crippen LogP contribution in [0, 0.1) is 0 Å². The average molecular weight is 330 g/mol. The first-order valence-electron chi connectivity index (χ1n) is 7.53. The van der Waals surface area contributed by atoms with Gasteiger partial charge in [0.2, 0.25) is 5.91 Å². The lowest BCUT2D eigenvalue weighted by atomic mass is 10.1. The van der Waals surface area contributed by atoms with Crippen LogP contribution in [0.5, 0.6) is 0 Å². The number of thiazole rings is 1. The van der Waals surface area contributed by atoms with E-state index in [1.54, 1.807) is 16.3 Å². The van der Waals surface area contributed by atoms with Gasteiger partial charge in [-0.2, -0.15) is 0 Å². The number of carbonyl (C=O) groups excluding carboxylic acids is 2. The zero-order valence-electron chi connectivity index (χ0n) is 12.6. The van der Waals surface area contributed by atoms with Crippen LogP contribution in [0.2, 0.25) is 0 Å². The second-order valence-corrected chi connectivity index (χ2v) is 6.28. The number of hydrogen-bond acceptors (Lipinski definition) is 5. The van der Waals surface area contributed by atoms with Crippen LogP contribution in [-0.4, -0.2) is 23.3 Å². The van der Waals surface area contributed by atoms with E-state index in [4.69, 9.17) is 5.73 Å². The minimum Gasteiger partial charge on any atom is -0.325 e. The van der Waals surface area contributed by atoms with E-state index >= 15 is 0 Å². The van der Waals surface area contributed by atoms with E-state index in [0.29, 0.717) is 24.3 Å². The van der Waals surface area contributed by atoms with Crippen molar-refractivity contribution < 1.29 is 9.59 Å². The maximum Gasteiger partial charge on any atom is 0.275 e. The summed E-state index contributed by atoms with van der Waals surface area (Å²) in [5.41, 5.74) is 7.33. The third-order valence-electron chi connectivity index (χ3n) is 3.70. The summed E-state index contributed by atoms with van der Waals surface area (Å²) in [7, 11) is 0. The number of benzene rings is 1. The number of nitrogens with zero attached hydrogens (tertiary/aromatic N) is 2. The van der Waals surface area contributed by atoms with Gasteiger partial charge in [-0.3, -0.25) is 9.59 Å². The Kier molecular flexibility index (Phi) is 4.68. The molecule has 2 heterocycles. The summed E-state index contributed by atoms with van der Waals surface area (Å²) in [5.74, 6) is -0.144. The molecular formula is C16H18N4O2S. The zero-order chi connectivity index (χ0) is 16.2. The number of rotatable bonds is 4. The van der Waals surface area contributed by atoms with Crippen LogP contribution in [0.4, 0.5) is 11.4 Å². The number of nitrogens with one attached hydrogen (secondary N) is 1. The van der Waals surface area contributed by atoms with E-state index in [-0.39, 0.29) is 11.8 Å². The van der Waals surface area contributed by atoms with Crippen molar-refractivity contribution in [1.29, 1.82) is 0 Å². The monoisotopic (exact) mass is 330 g/mol. The Morgan fingerprint density at radius 2 is 2.26 bits per heavy atom. The molecule has 7 heteroatoms. The van der Waals surface area contributed by atoms with Crippen molar-refractivity contribution in [3.8, 4) is 0 Å². The molecule has 6 nitrogen and oxygen atoms in total. The van der Waals surface area contributed by atoms with E-state index in [1.807, 2.05) is 18.2 Å². The summed E-state index contributed by atoms with van der Waals surface area (Å²) < 4.78 is 0. The molecule has 2 amide bonds. The average Bonchev–Trinajstić information content (AvgIpc) is 3.05. The molecule has 0 bridgehead atoms. The van der Waals surface area contributed by atoms with Gasteiger partial charge in [0.1, 0.15) is 10.7 Å². The zero-order valence-corrected chi connectivity index (χ0v) is 13.4. The fourth-order valence-electron chi connectivity index (χ4n) is 2.53. The van der Waals surface area contributed by atoms with Crippen LogP contribution in [-0.2, 0) is 11.3 Å². The Balaban J connectivity index is 1.74. The minimum absolute atomic E-state index is 0.131. The number of nitrogens with two attached hydrogens (primary N) is 1. The second-order valence-electron chi connectivity index (χ2n) is 5.34. The molecule has 1 aromatic heterocycles. The maximum atomic E-state index is 12.2. The van der Waals surface area contributed by atoms with E-state index in [0.717, 1.165) is 30.1 Å². The predicted octanol–water partition coefficient (Wildman–Crippen LogP) is 2.37. The molecule has 0 radical (unpaired) electrons. The van der Waals surface area contributed by atoms with Crippen LogP contribution in [0.1, 0.15) is 34.8 Å². The highest BCUT2D eigenvalue weighted by Crippen LogP contribution is 2.24. The summed E-state index contributed by atoms with van der Waals surface area (Å²) in [6, 6.07) is 7.33. The minimum atomic E-state index is -0.275. The summed E-state index contributed by atoms with van der Waals surface area (Å²) in [4.78, 5) is 30.1. The largest absolute Gasteiger partial charge is 0.325 e. The highest BCUT2D eigenvalue weighted by molar-refractivity contribution is 7.09. The van der Waals surface area contributed by atoms with Gasteiger partial charge < -0.3 is 16.0 Å². The van der Waals surface area contributed by atoms with Gasteiger partial charge in [-0.1, -0.05) is 6.07 Å². The number of piperidine rings is 1. The molecule has 1 aliphatic rings. The van der Waals surface area contributed by atoms with Crippen LogP contribution in [0.25, 0.3) is 0 Å². The quantitative estimate of drug-likeness (QED) is 0.901. The molecule has 23 heavy (non-hydrogen) atoms. The van der Waals surface area contributed by atoms with Crippen molar-refractivity contribution in [3.05, 3.63) is 40.3 Å². The molecule has 1 saturated heterocycles. The van der Waals surface area contributed by atoms with Crippen molar-refractivity contribution in [2.45, 2.75) is 25.8 Å². The molecule has 3 N–H and O–H groups in total. The first-order chi connectivity index (χ1) is 11.2. The van der Waals surface area contributed by atoms with E-state index < -0.39 is 0 Å². The van der Waals surface area contributed by atoms with Gasteiger partial charge in [-0.15, -0.1) is 11.3 Å². The topological polar surface area (TPSA) is 88.3 Å². The SMILES string of the molecule is NCc1nc(C(=O)Nc2cccc(N3CCCCC3=O)c2)cs1. The van der Waals surface area contributed by atoms with Crippen LogP contribution < -0.4 is 16.0 Å². The molecule has 0 saturated carbocycles. The van der Waals surface area contributed by atoms with Gasteiger partial charge in [0, 0.05) is 36.3 Å². The maximum absolute atomic E-state index is 12.2. The highest BCUT2D eigenvalue weighted by atomic mass is 32.1. The van der Waals surface area contributed by atoms with Gasteiger partial charge >= 0.3 is 0 Å². The lowest BCUT2D eigenvalue weighted by Gasteiger charge is -2.27. The smallest absolute Gasteiger partial charge is 0.275 e. The van der Waals surface area contributed by atoms with Crippen molar-refractivity contribution in [1.82, 2.24) is 4.98 Å². The predicted molar refractivity (Wildman–Crippen MR) is 90.6 cm³/mol. The molecule has 2 aromatic rings. The third kappa shape index (κ3) is 3.57. The van der Waals surface area contributed by atoms with Gasteiger partial charge in [-0.05, 0) is 31.0 Å². The van der Waals surface area contributed by atoms with Gasteiger partial charge in [0.05, 0.1) is 0 Å². The number of amides is 2. The lowest BCUT2D eigenvalue weighted by Crippen LogP contribution is -2.35. The summed E-state index contributed by atoms with van der Waals surface area (Å²) in [5, 5.41) is 5.23. The number of anilines is 2. The van der Waals surface area contributed by atoms with Gasteiger partial charge in [0.15, 0.2) is 0 Å². The summed E-state index contributed by atoms with van der Waals surface area (Å²) in [6.45, 7) is 1.05. The van der Waals surface area contributed by atoms with E-state index in [1.165, 1.54) is 11.3 Å². The van der Waals surface area contributed by atoms with E-state index in [2.05, 4.69) is 10.3 Å². The van der Waals surface area contributed by atoms with Crippen LogP contribution in [0.3, 0.4) is 0 Å². The molecule has 0 unspecified atom stereocenters. The first kappa shape index (κ1) is 15.6. The molecule has 120 valence electrons. The molecule has 1 aliphatic heterocycles. The van der Waals surface area contributed by atoms with Crippen LogP contribution >= 0.6 is 11.3 Å². The fourth-order valence-corrected chi connectivity index (χ4v) is 3.19. The molecule has 0 atom stereocenters. The summed E-state index contributed by atoms with van der Waals surface area (Å²) in [6.07, 6.45) is 2.53. The van der Waals surface area contributed by atoms with Crippen molar-refractivity contribution in [3.63, 3.8) is 0 Å². The fraction of sp³-hybridized carbons (Fsp3) is 0.312. The summed E-state index contributed by atoms with van der Waals surface area (Å²) >= 11 is 1.36. The normalized spacial score (nSPS) is 14.8. The Labute approximate surface area is 138 Å². The Hall–Kier alpha value is -2.25. The number of aromatic nitrogens is 1. The number of hydrogen-bond donors (Lipinski definition) is 2. The Morgan fingerprint density at radius 1 is 1.39 bits per heavy atom. The molecule has 0 aliphatic carbocycles. The third-order valence-corrected chi connectivity index (χ3v) is 4.57. The highest BCUT2D eigenvalue weighted by Gasteiger charge is 2.20. The lowest BCUT2D eigenvalue weighted by molar-refractivity contribution is -0.119. The second kappa shape index (κ2) is 6.89. The molecule has 3 rings (SSSR count). The Morgan fingerprint density at radius 3 is 3.00 bits per heavy atom. The van der Waals surface area contributed by atoms with Gasteiger partial charge in [-0.25, -0.2) is 4.98 Å². The van der Waals surface area contributed by atoms with Gasteiger partial charge in [0.25, 0.3) is 5.91 Å². The van der Waals surface area contributed by atoms with Crippen molar-refractivity contribution in [2.24, 2.45) is 5.73 Å². The van der Waals surface area contributed by atoms with Crippen molar-refractivity contribution in [2.75, 3.05) is 16.8 Å². The molecule has 1 fully saturated rings.